The molecule has 4 rings (SSSR count). The van der Waals surface area contributed by atoms with Crippen LogP contribution >= 0.6 is 12.4 Å². The zero-order chi connectivity index (χ0) is 15.3. The lowest BCUT2D eigenvalue weighted by Gasteiger charge is -2.32. The maximum atomic E-state index is 13.1. The van der Waals surface area contributed by atoms with Crippen LogP contribution < -0.4 is 5.73 Å². The van der Waals surface area contributed by atoms with Crippen LogP contribution in [0.25, 0.3) is 0 Å². The Kier molecular flexibility index (Phi) is 4.70. The number of rotatable bonds is 2. The van der Waals surface area contributed by atoms with Gasteiger partial charge in [-0.05, 0) is 50.0 Å². The van der Waals surface area contributed by atoms with Crippen LogP contribution in [-0.4, -0.2) is 29.4 Å². The summed E-state index contributed by atoms with van der Waals surface area (Å²) in [4.78, 5) is 15.2. The predicted octanol–water partition coefficient (Wildman–Crippen LogP) is 3.19. The van der Waals surface area contributed by atoms with Crippen molar-refractivity contribution < 1.29 is 4.79 Å². The molecule has 1 aromatic carbocycles. The molecule has 2 aliphatic carbocycles. The molecule has 0 aromatic heterocycles. The van der Waals surface area contributed by atoms with Gasteiger partial charge in [0.25, 0.3) is 0 Å². The van der Waals surface area contributed by atoms with Crippen LogP contribution in [0.4, 0.5) is 0 Å². The predicted molar refractivity (Wildman–Crippen MR) is 94.5 cm³/mol. The van der Waals surface area contributed by atoms with E-state index in [-0.39, 0.29) is 24.4 Å². The molecule has 6 unspecified atom stereocenters. The highest BCUT2D eigenvalue weighted by molar-refractivity contribution is 5.85. The molecule has 2 N–H and O–H groups in total. The first-order chi connectivity index (χ1) is 10.6. The van der Waals surface area contributed by atoms with Crippen LogP contribution in [0.15, 0.2) is 30.3 Å². The summed E-state index contributed by atoms with van der Waals surface area (Å²) < 4.78 is 0. The van der Waals surface area contributed by atoms with Gasteiger partial charge in [0.2, 0.25) is 5.91 Å². The number of likely N-dealkylation sites (tertiary alicyclic amines) is 1. The molecule has 2 saturated carbocycles. The second-order valence-electron chi connectivity index (χ2n) is 7.62. The van der Waals surface area contributed by atoms with Crippen molar-refractivity contribution in [3.05, 3.63) is 35.9 Å². The van der Waals surface area contributed by atoms with Gasteiger partial charge in [-0.1, -0.05) is 30.3 Å². The Balaban J connectivity index is 0.00000156. The average molecular weight is 335 g/mol. The molecule has 1 heterocycles. The van der Waals surface area contributed by atoms with Gasteiger partial charge in [-0.15, -0.1) is 12.4 Å². The van der Waals surface area contributed by atoms with E-state index in [1.54, 1.807) is 0 Å². The van der Waals surface area contributed by atoms with Crippen LogP contribution in [0.2, 0.25) is 0 Å². The summed E-state index contributed by atoms with van der Waals surface area (Å²) in [5.41, 5.74) is 7.74. The van der Waals surface area contributed by atoms with Crippen molar-refractivity contribution >= 4 is 18.3 Å². The number of amides is 1. The summed E-state index contributed by atoms with van der Waals surface area (Å²) >= 11 is 0. The highest BCUT2D eigenvalue weighted by Crippen LogP contribution is 2.49. The van der Waals surface area contributed by atoms with Gasteiger partial charge >= 0.3 is 0 Å². The smallest absolute Gasteiger partial charge is 0.227 e. The molecule has 1 aliphatic heterocycles. The highest BCUT2D eigenvalue weighted by Gasteiger charge is 2.51. The molecule has 2 bridgehead atoms. The molecule has 6 atom stereocenters. The lowest BCUT2D eigenvalue weighted by molar-refractivity contribution is -0.138. The van der Waals surface area contributed by atoms with Gasteiger partial charge in [-0.3, -0.25) is 4.79 Å². The summed E-state index contributed by atoms with van der Waals surface area (Å²) in [5.74, 6) is 2.06. The lowest BCUT2D eigenvalue weighted by atomic mass is 9.84. The Morgan fingerprint density at radius 2 is 1.83 bits per heavy atom. The third-order valence-corrected chi connectivity index (χ3v) is 6.39. The van der Waals surface area contributed by atoms with E-state index in [0.29, 0.717) is 29.7 Å². The number of carbonyl (C=O) groups is 1. The standard InChI is InChI=1S/C19H26N2O.ClH/c1-12-9-16(13-5-3-2-4-6-13)11-21(12)19(22)17-14-7-8-15(10-14)18(17)20;/h2-6,12,14-18H,7-11,20H2,1H3;1H. The van der Waals surface area contributed by atoms with Crippen molar-refractivity contribution in [3.8, 4) is 0 Å². The van der Waals surface area contributed by atoms with Crippen molar-refractivity contribution in [2.24, 2.45) is 23.5 Å². The molecule has 0 radical (unpaired) electrons. The van der Waals surface area contributed by atoms with Gasteiger partial charge in [0.1, 0.15) is 0 Å². The normalized spacial score (nSPS) is 38.6. The Morgan fingerprint density at radius 3 is 2.48 bits per heavy atom. The summed E-state index contributed by atoms with van der Waals surface area (Å²) in [6.07, 6.45) is 4.70. The molecule has 23 heavy (non-hydrogen) atoms. The van der Waals surface area contributed by atoms with E-state index >= 15 is 0 Å². The molecule has 3 nitrogen and oxygen atoms in total. The Morgan fingerprint density at radius 1 is 1.13 bits per heavy atom. The minimum absolute atomic E-state index is 0. The number of nitrogens with zero attached hydrogens (tertiary/aromatic N) is 1. The second-order valence-corrected chi connectivity index (χ2v) is 7.62. The largest absolute Gasteiger partial charge is 0.339 e. The van der Waals surface area contributed by atoms with Crippen LogP contribution in [0.3, 0.4) is 0 Å². The first kappa shape index (κ1) is 16.8. The second kappa shape index (κ2) is 6.45. The Bertz CT molecular complexity index is 562. The first-order valence-corrected chi connectivity index (χ1v) is 8.76. The summed E-state index contributed by atoms with van der Waals surface area (Å²) in [6.45, 7) is 3.06. The van der Waals surface area contributed by atoms with E-state index in [1.165, 1.54) is 24.8 Å². The summed E-state index contributed by atoms with van der Waals surface area (Å²) in [7, 11) is 0. The van der Waals surface area contributed by atoms with E-state index in [1.807, 2.05) is 0 Å². The zero-order valence-corrected chi connectivity index (χ0v) is 14.5. The third kappa shape index (κ3) is 2.78. The van der Waals surface area contributed by atoms with Crippen LogP contribution in [-0.2, 0) is 4.79 Å². The molecule has 3 aliphatic rings. The minimum atomic E-state index is 0. The number of halogens is 1. The number of hydrogen-bond acceptors (Lipinski definition) is 2. The Hall–Kier alpha value is -1.06. The van der Waals surface area contributed by atoms with E-state index in [2.05, 4.69) is 42.2 Å². The lowest BCUT2D eigenvalue weighted by Crippen LogP contribution is -2.48. The minimum Gasteiger partial charge on any atom is -0.339 e. The van der Waals surface area contributed by atoms with Crippen molar-refractivity contribution in [2.45, 2.75) is 50.6 Å². The number of nitrogens with two attached hydrogens (primary N) is 1. The van der Waals surface area contributed by atoms with Gasteiger partial charge in [-0.2, -0.15) is 0 Å². The molecular weight excluding hydrogens is 308 g/mol. The van der Waals surface area contributed by atoms with Crippen molar-refractivity contribution in [1.29, 1.82) is 0 Å². The number of carbonyl (C=O) groups excluding carboxylic acids is 1. The molecule has 0 spiro atoms. The van der Waals surface area contributed by atoms with Crippen LogP contribution in [0.1, 0.15) is 44.1 Å². The third-order valence-electron chi connectivity index (χ3n) is 6.39. The highest BCUT2D eigenvalue weighted by atomic mass is 35.5. The van der Waals surface area contributed by atoms with Crippen molar-refractivity contribution in [3.63, 3.8) is 0 Å². The fourth-order valence-corrected chi connectivity index (χ4v) is 5.20. The Labute approximate surface area is 145 Å². The van der Waals surface area contributed by atoms with E-state index < -0.39 is 0 Å². The van der Waals surface area contributed by atoms with Gasteiger partial charge in [0.15, 0.2) is 0 Å². The first-order valence-electron chi connectivity index (χ1n) is 8.76. The maximum absolute atomic E-state index is 13.1. The van der Waals surface area contributed by atoms with Gasteiger partial charge < -0.3 is 10.6 Å². The van der Waals surface area contributed by atoms with E-state index in [4.69, 9.17) is 5.73 Å². The van der Waals surface area contributed by atoms with Gasteiger partial charge in [0, 0.05) is 24.5 Å². The molecule has 1 amide bonds. The fraction of sp³-hybridized carbons (Fsp3) is 0.632. The monoisotopic (exact) mass is 334 g/mol. The molecule has 1 saturated heterocycles. The molecule has 4 heteroatoms. The fourth-order valence-electron chi connectivity index (χ4n) is 5.20. The molecule has 3 fully saturated rings. The summed E-state index contributed by atoms with van der Waals surface area (Å²) in [6, 6.07) is 11.1. The molecule has 1 aromatic rings. The maximum Gasteiger partial charge on any atom is 0.227 e. The van der Waals surface area contributed by atoms with Gasteiger partial charge in [0.05, 0.1) is 5.92 Å². The van der Waals surface area contributed by atoms with Crippen LogP contribution in [0, 0.1) is 17.8 Å². The number of fused-ring (bicyclic) bond motifs is 2. The average Bonchev–Trinajstić information content (AvgIpc) is 3.22. The van der Waals surface area contributed by atoms with Crippen molar-refractivity contribution in [2.75, 3.05) is 6.54 Å². The zero-order valence-electron chi connectivity index (χ0n) is 13.7. The van der Waals surface area contributed by atoms with E-state index in [9.17, 15) is 4.79 Å². The number of benzene rings is 1. The quantitative estimate of drug-likeness (QED) is 0.902. The van der Waals surface area contributed by atoms with Crippen molar-refractivity contribution in [1.82, 2.24) is 4.90 Å². The van der Waals surface area contributed by atoms with Gasteiger partial charge in [-0.25, -0.2) is 0 Å². The van der Waals surface area contributed by atoms with Crippen LogP contribution in [0.5, 0.6) is 0 Å². The van der Waals surface area contributed by atoms with E-state index in [0.717, 1.165) is 13.0 Å². The number of hydrogen-bond donors (Lipinski definition) is 1. The molecular formula is C19H27ClN2O. The SMILES string of the molecule is CC1CC(c2ccccc2)CN1C(=O)C1C2CCC(C2)C1N.Cl. The topological polar surface area (TPSA) is 46.3 Å². The summed E-state index contributed by atoms with van der Waals surface area (Å²) in [5, 5.41) is 0. The molecule has 126 valence electrons.